The second-order valence-corrected chi connectivity index (χ2v) is 10.5. The van der Waals surface area contributed by atoms with Crippen LogP contribution in [0, 0.1) is 6.92 Å². The minimum atomic E-state index is -2.74. The molecule has 2 aromatic heterocycles. The molecule has 1 aromatic carbocycles. The van der Waals surface area contributed by atoms with Gasteiger partial charge >= 0.3 is 17.9 Å². The second kappa shape index (κ2) is 14.8. The lowest BCUT2D eigenvalue weighted by molar-refractivity contribution is -0.170. The summed E-state index contributed by atoms with van der Waals surface area (Å²) in [6.45, 7) is 8.21. The number of nitrogens with zero attached hydrogens (tertiary/aromatic N) is 4. The number of aliphatic hydroxyl groups is 1. The van der Waals surface area contributed by atoms with E-state index in [2.05, 4.69) is 22.1 Å². The van der Waals surface area contributed by atoms with Gasteiger partial charge in [0, 0.05) is 43.3 Å². The number of fused-ring (bicyclic) bond motifs is 1. The first-order chi connectivity index (χ1) is 20.3. The molecule has 234 valence electrons. The van der Waals surface area contributed by atoms with Gasteiger partial charge in [0.1, 0.15) is 11.6 Å². The molecule has 1 aliphatic rings. The topological polar surface area (TPSA) is 210 Å². The number of likely N-dealkylation sites (tertiary alicyclic amines) is 1. The predicted molar refractivity (Wildman–Crippen MR) is 155 cm³/mol. The van der Waals surface area contributed by atoms with Gasteiger partial charge in [0.05, 0.1) is 37.9 Å². The molecule has 4 rings (SSSR count). The van der Waals surface area contributed by atoms with Gasteiger partial charge in [-0.3, -0.25) is 14.5 Å². The first-order valence-corrected chi connectivity index (χ1v) is 13.8. The van der Waals surface area contributed by atoms with Crippen molar-refractivity contribution in [3.05, 3.63) is 52.8 Å². The standard InChI is InChI=1S/C23H31N5O2.C6H8O7/c1-4-30-15-19-11-17(7-8-21(19)29-3)13-27-9-5-6-18(14-27)20-12-22(24)28-23(25-20)10-16(2)26-28;7-3(8)1-6(13,5(11)12)2-4(9)10/h7-8,10-12,18H,4-6,9,13-15,24H2,1-3H3;13H,1-2H2,(H,7,8)(H,9,10)(H,11,12). The molecule has 14 nitrogen and oxygen atoms in total. The van der Waals surface area contributed by atoms with Crippen molar-refractivity contribution in [2.45, 2.75) is 64.2 Å². The van der Waals surface area contributed by atoms with Crippen LogP contribution in [0.1, 0.15) is 61.0 Å². The molecule has 0 amide bonds. The maximum Gasteiger partial charge on any atom is 0.336 e. The number of nitrogen functional groups attached to an aromatic ring is 1. The molecule has 1 unspecified atom stereocenters. The molecule has 14 heteroatoms. The van der Waals surface area contributed by atoms with Crippen LogP contribution in [-0.2, 0) is 32.3 Å². The SMILES string of the molecule is CCOCc1cc(CN2CCCC(c3cc(N)n4nc(C)cc4n3)C2)ccc1OC.O=C(O)CC(O)(CC(=O)O)C(=O)O. The number of carboxylic acid groups (broad SMARTS) is 3. The van der Waals surface area contributed by atoms with Crippen LogP contribution in [0.25, 0.3) is 5.65 Å². The zero-order valence-corrected chi connectivity index (χ0v) is 24.5. The Bertz CT molecular complexity index is 1430. The summed E-state index contributed by atoms with van der Waals surface area (Å²) in [6, 6.07) is 10.4. The first kappa shape index (κ1) is 33.2. The largest absolute Gasteiger partial charge is 0.496 e. The summed E-state index contributed by atoms with van der Waals surface area (Å²) in [7, 11) is 1.71. The van der Waals surface area contributed by atoms with E-state index in [0.29, 0.717) is 24.9 Å². The van der Waals surface area contributed by atoms with Crippen molar-refractivity contribution in [3.63, 3.8) is 0 Å². The van der Waals surface area contributed by atoms with Gasteiger partial charge in [0.25, 0.3) is 0 Å². The average molecular weight is 602 g/mol. The molecule has 1 aliphatic heterocycles. The van der Waals surface area contributed by atoms with Gasteiger partial charge in [-0.15, -0.1) is 0 Å². The van der Waals surface area contributed by atoms with Crippen molar-refractivity contribution in [3.8, 4) is 5.75 Å². The summed E-state index contributed by atoms with van der Waals surface area (Å²) >= 11 is 0. The minimum absolute atomic E-state index is 0.377. The number of rotatable bonds is 12. The highest BCUT2D eigenvalue weighted by atomic mass is 16.5. The van der Waals surface area contributed by atoms with E-state index in [1.807, 2.05) is 32.0 Å². The van der Waals surface area contributed by atoms with E-state index in [9.17, 15) is 14.4 Å². The molecule has 1 saturated heterocycles. The molecule has 3 aromatic rings. The highest BCUT2D eigenvalue weighted by molar-refractivity contribution is 5.88. The number of carbonyl (C=O) groups is 3. The predicted octanol–water partition coefficient (Wildman–Crippen LogP) is 2.30. The smallest absolute Gasteiger partial charge is 0.336 e. The van der Waals surface area contributed by atoms with Gasteiger partial charge in [0.15, 0.2) is 11.2 Å². The van der Waals surface area contributed by atoms with Gasteiger partial charge in [0.2, 0.25) is 0 Å². The highest BCUT2D eigenvalue weighted by Gasteiger charge is 2.40. The molecule has 1 atom stereocenters. The average Bonchev–Trinajstić information content (AvgIpc) is 3.32. The van der Waals surface area contributed by atoms with Crippen molar-refractivity contribution in [2.24, 2.45) is 0 Å². The third kappa shape index (κ3) is 9.11. The number of benzene rings is 1. The van der Waals surface area contributed by atoms with E-state index in [1.165, 1.54) is 5.56 Å². The number of methoxy groups -OCH3 is 1. The zero-order chi connectivity index (χ0) is 31.7. The summed E-state index contributed by atoms with van der Waals surface area (Å²) < 4.78 is 12.8. The van der Waals surface area contributed by atoms with Crippen LogP contribution >= 0.6 is 0 Å². The van der Waals surface area contributed by atoms with Crippen LogP contribution in [0.3, 0.4) is 0 Å². The van der Waals surface area contributed by atoms with Crippen LogP contribution in [0.4, 0.5) is 5.82 Å². The van der Waals surface area contributed by atoms with E-state index in [-0.39, 0.29) is 0 Å². The molecule has 0 spiro atoms. The monoisotopic (exact) mass is 601 g/mol. The van der Waals surface area contributed by atoms with Crippen LogP contribution in [0.15, 0.2) is 30.3 Å². The van der Waals surface area contributed by atoms with Crippen LogP contribution in [-0.4, -0.2) is 90.2 Å². The number of anilines is 1. The van der Waals surface area contributed by atoms with E-state index >= 15 is 0 Å². The molecule has 0 radical (unpaired) electrons. The summed E-state index contributed by atoms with van der Waals surface area (Å²) in [5, 5.41) is 38.2. The number of hydrogen-bond donors (Lipinski definition) is 5. The molecular formula is C29H39N5O9. The highest BCUT2D eigenvalue weighted by Crippen LogP contribution is 2.29. The Morgan fingerprint density at radius 3 is 2.42 bits per heavy atom. The molecular weight excluding hydrogens is 562 g/mol. The maximum atomic E-state index is 10.3. The van der Waals surface area contributed by atoms with E-state index < -0.39 is 36.4 Å². The summed E-state index contributed by atoms with van der Waals surface area (Å²) in [4.78, 5) is 37.8. The first-order valence-electron chi connectivity index (χ1n) is 13.8. The lowest BCUT2D eigenvalue weighted by Crippen LogP contribution is -2.42. The zero-order valence-electron chi connectivity index (χ0n) is 24.5. The number of nitrogens with two attached hydrogens (primary N) is 1. The number of piperidine rings is 1. The molecule has 6 N–H and O–H groups in total. The minimum Gasteiger partial charge on any atom is -0.496 e. The van der Waals surface area contributed by atoms with Gasteiger partial charge in [-0.2, -0.15) is 9.61 Å². The second-order valence-electron chi connectivity index (χ2n) is 10.5. The van der Waals surface area contributed by atoms with Crippen LogP contribution in [0.5, 0.6) is 5.75 Å². The third-order valence-corrected chi connectivity index (χ3v) is 7.02. The lowest BCUT2D eigenvalue weighted by Gasteiger charge is -2.32. The Balaban J connectivity index is 0.000000331. The normalized spacial score (nSPS) is 15.5. The van der Waals surface area contributed by atoms with Crippen LogP contribution in [0.2, 0.25) is 0 Å². The summed E-state index contributed by atoms with van der Waals surface area (Å²) in [5.41, 5.74) is 8.71. The van der Waals surface area contributed by atoms with Crippen molar-refractivity contribution in [1.82, 2.24) is 19.5 Å². The number of ether oxygens (including phenoxy) is 2. The number of hydrogen-bond acceptors (Lipinski definition) is 10. The van der Waals surface area contributed by atoms with Gasteiger partial charge < -0.3 is 35.6 Å². The Hall–Kier alpha value is -4.27. The maximum absolute atomic E-state index is 10.3. The quantitative estimate of drug-likeness (QED) is 0.202. The lowest BCUT2D eigenvalue weighted by atomic mass is 9.94. The molecule has 0 aliphatic carbocycles. The molecule has 43 heavy (non-hydrogen) atoms. The van der Waals surface area contributed by atoms with E-state index in [0.717, 1.165) is 60.8 Å². The van der Waals surface area contributed by atoms with Gasteiger partial charge in [-0.05, 0) is 50.9 Å². The molecule has 0 bridgehead atoms. The number of carboxylic acids is 3. The van der Waals surface area contributed by atoms with Gasteiger partial charge in [-0.25, -0.2) is 9.78 Å². The Labute approximate surface area is 248 Å². The third-order valence-electron chi connectivity index (χ3n) is 7.02. The van der Waals surface area contributed by atoms with Crippen molar-refractivity contribution < 1.29 is 44.3 Å². The molecule has 0 saturated carbocycles. The Morgan fingerprint density at radius 1 is 1.12 bits per heavy atom. The number of aliphatic carboxylic acids is 3. The number of aryl methyl sites for hydroxylation is 1. The van der Waals surface area contributed by atoms with E-state index in [4.69, 9.17) is 40.6 Å². The van der Waals surface area contributed by atoms with Gasteiger partial charge in [-0.1, -0.05) is 6.07 Å². The Kier molecular flexibility index (Phi) is 11.4. The molecule has 3 heterocycles. The Morgan fingerprint density at radius 2 is 1.81 bits per heavy atom. The summed E-state index contributed by atoms with van der Waals surface area (Å²) in [6.07, 6.45) is -0.00855. The van der Waals surface area contributed by atoms with Crippen molar-refractivity contribution in [2.75, 3.05) is 32.5 Å². The fraction of sp³-hybridized carbons (Fsp3) is 0.483. The van der Waals surface area contributed by atoms with E-state index in [1.54, 1.807) is 11.6 Å². The van der Waals surface area contributed by atoms with Crippen LogP contribution < -0.4 is 10.5 Å². The van der Waals surface area contributed by atoms with Crippen molar-refractivity contribution >= 4 is 29.4 Å². The summed E-state index contributed by atoms with van der Waals surface area (Å²) in [5.74, 6) is -3.11. The fourth-order valence-electron chi connectivity index (χ4n) is 5.01. The fourth-order valence-corrected chi connectivity index (χ4v) is 5.01. The van der Waals surface area contributed by atoms with Crippen molar-refractivity contribution in [1.29, 1.82) is 0 Å². The molecule has 1 fully saturated rings. The number of aromatic nitrogens is 3.